The highest BCUT2D eigenvalue weighted by Gasteiger charge is 2.20. The fourth-order valence-corrected chi connectivity index (χ4v) is 2.73. The zero-order chi connectivity index (χ0) is 15.0. The summed E-state index contributed by atoms with van der Waals surface area (Å²) in [5.41, 5.74) is 0. The normalized spacial score (nSPS) is 19.2. The summed E-state index contributed by atoms with van der Waals surface area (Å²) in [6.07, 6.45) is 3.07. The van der Waals surface area contributed by atoms with Crippen LogP contribution in [0.15, 0.2) is 0 Å². The topological polar surface area (TPSA) is 55.8 Å². The summed E-state index contributed by atoms with van der Waals surface area (Å²) in [4.78, 5) is 15.8. The van der Waals surface area contributed by atoms with Crippen LogP contribution in [0.3, 0.4) is 0 Å². The molecule has 0 saturated carbocycles. The van der Waals surface area contributed by atoms with Gasteiger partial charge in [0, 0.05) is 20.1 Å². The van der Waals surface area contributed by atoms with Gasteiger partial charge in [-0.3, -0.25) is 9.69 Å². The molecule has 0 aromatic heterocycles. The molecule has 0 aromatic carbocycles. The first-order chi connectivity index (χ1) is 9.55. The molecule has 0 radical (unpaired) electrons. The third-order valence-electron chi connectivity index (χ3n) is 4.00. The first-order valence-corrected chi connectivity index (χ1v) is 7.88. The first kappa shape index (κ1) is 17.4. The Morgan fingerprint density at radius 1 is 1.45 bits per heavy atom. The Kier molecular flexibility index (Phi) is 8.11. The predicted octanol–water partition coefficient (Wildman–Crippen LogP) is 0.537. The number of nitrogens with zero attached hydrogens (tertiary/aromatic N) is 2. The minimum Gasteiger partial charge on any atom is -0.390 e. The van der Waals surface area contributed by atoms with Gasteiger partial charge in [0.1, 0.15) is 0 Å². The van der Waals surface area contributed by atoms with Crippen molar-refractivity contribution in [1.29, 1.82) is 0 Å². The van der Waals surface area contributed by atoms with Gasteiger partial charge in [-0.2, -0.15) is 0 Å². The van der Waals surface area contributed by atoms with E-state index in [4.69, 9.17) is 0 Å². The highest BCUT2D eigenvalue weighted by Crippen LogP contribution is 2.16. The molecular weight excluding hydrogens is 254 g/mol. The standard InChI is InChI=1S/C15H31N3O2/c1-4-7-18(12-15(20)16-3)11-14(19)10-17-8-5-13(2)6-9-17/h13-14,19H,4-12H2,1-3H3,(H,16,20). The lowest BCUT2D eigenvalue weighted by molar-refractivity contribution is -0.122. The van der Waals surface area contributed by atoms with Crippen molar-refractivity contribution < 1.29 is 9.90 Å². The van der Waals surface area contributed by atoms with Crippen LogP contribution < -0.4 is 5.32 Å². The number of aliphatic hydroxyl groups is 1. The number of rotatable bonds is 8. The predicted molar refractivity (Wildman–Crippen MR) is 81.6 cm³/mol. The van der Waals surface area contributed by atoms with Gasteiger partial charge < -0.3 is 15.3 Å². The summed E-state index contributed by atoms with van der Waals surface area (Å²) in [5, 5.41) is 12.9. The van der Waals surface area contributed by atoms with E-state index in [0.717, 1.165) is 38.5 Å². The lowest BCUT2D eigenvalue weighted by atomic mass is 9.99. The number of nitrogens with one attached hydrogen (secondary N) is 1. The van der Waals surface area contributed by atoms with Crippen LogP contribution in [0.2, 0.25) is 0 Å². The molecule has 1 atom stereocenters. The summed E-state index contributed by atoms with van der Waals surface area (Å²) in [6, 6.07) is 0. The second-order valence-corrected chi connectivity index (χ2v) is 6.05. The molecule has 1 fully saturated rings. The smallest absolute Gasteiger partial charge is 0.233 e. The van der Waals surface area contributed by atoms with E-state index in [0.29, 0.717) is 13.1 Å². The second kappa shape index (κ2) is 9.32. The number of carbonyl (C=O) groups is 1. The van der Waals surface area contributed by atoms with Crippen molar-refractivity contribution >= 4 is 5.91 Å². The molecule has 1 aliphatic rings. The Morgan fingerprint density at radius 2 is 2.10 bits per heavy atom. The lowest BCUT2D eigenvalue weighted by Crippen LogP contribution is -2.45. The number of likely N-dealkylation sites (tertiary alicyclic amines) is 1. The Hall–Kier alpha value is -0.650. The van der Waals surface area contributed by atoms with Crippen molar-refractivity contribution in [3.8, 4) is 0 Å². The summed E-state index contributed by atoms with van der Waals surface area (Å²) in [6.45, 7) is 9.08. The molecule has 1 amide bonds. The van der Waals surface area contributed by atoms with E-state index < -0.39 is 0 Å². The number of β-amino-alcohol motifs (C(OH)–C–C–N with tert-alkyl or cyclic N) is 1. The van der Waals surface area contributed by atoms with Crippen molar-refractivity contribution in [1.82, 2.24) is 15.1 Å². The molecular formula is C15H31N3O2. The average Bonchev–Trinajstić information content (AvgIpc) is 2.41. The molecule has 0 aliphatic carbocycles. The highest BCUT2D eigenvalue weighted by molar-refractivity contribution is 5.77. The van der Waals surface area contributed by atoms with E-state index in [1.165, 1.54) is 12.8 Å². The quantitative estimate of drug-likeness (QED) is 0.683. The maximum atomic E-state index is 11.5. The maximum Gasteiger partial charge on any atom is 0.233 e. The van der Waals surface area contributed by atoms with Crippen molar-refractivity contribution in [2.75, 3.05) is 46.3 Å². The first-order valence-electron chi connectivity index (χ1n) is 7.88. The maximum absolute atomic E-state index is 11.5. The van der Waals surface area contributed by atoms with E-state index >= 15 is 0 Å². The molecule has 5 heteroatoms. The summed E-state index contributed by atoms with van der Waals surface area (Å²) in [5.74, 6) is 0.825. The average molecular weight is 285 g/mol. The van der Waals surface area contributed by atoms with Crippen LogP contribution in [0.25, 0.3) is 0 Å². The molecule has 1 aliphatic heterocycles. The minimum atomic E-state index is -0.375. The number of likely N-dealkylation sites (N-methyl/N-ethyl adjacent to an activating group) is 1. The van der Waals surface area contributed by atoms with Gasteiger partial charge in [-0.1, -0.05) is 13.8 Å². The second-order valence-electron chi connectivity index (χ2n) is 6.05. The minimum absolute atomic E-state index is 0.0115. The zero-order valence-electron chi connectivity index (χ0n) is 13.3. The number of amides is 1. The van der Waals surface area contributed by atoms with Gasteiger partial charge in [0.25, 0.3) is 0 Å². The summed E-state index contributed by atoms with van der Waals surface area (Å²) >= 11 is 0. The van der Waals surface area contributed by atoms with Gasteiger partial charge >= 0.3 is 0 Å². The van der Waals surface area contributed by atoms with Crippen LogP contribution in [-0.4, -0.2) is 73.2 Å². The van der Waals surface area contributed by atoms with E-state index in [9.17, 15) is 9.90 Å². The molecule has 0 aromatic rings. The molecule has 0 bridgehead atoms. The van der Waals surface area contributed by atoms with E-state index in [-0.39, 0.29) is 12.0 Å². The summed E-state index contributed by atoms with van der Waals surface area (Å²) < 4.78 is 0. The molecule has 1 unspecified atom stereocenters. The Bertz CT molecular complexity index is 278. The fourth-order valence-electron chi connectivity index (χ4n) is 2.73. The Labute approximate surface area is 123 Å². The number of carbonyl (C=O) groups excluding carboxylic acids is 1. The number of piperidine rings is 1. The number of hydrogen-bond donors (Lipinski definition) is 2. The zero-order valence-corrected chi connectivity index (χ0v) is 13.3. The van der Waals surface area contributed by atoms with Gasteiger partial charge in [-0.05, 0) is 44.8 Å². The third kappa shape index (κ3) is 6.68. The van der Waals surface area contributed by atoms with Gasteiger partial charge in [0.05, 0.1) is 12.6 Å². The molecule has 1 rings (SSSR count). The monoisotopic (exact) mass is 285 g/mol. The van der Waals surface area contributed by atoms with E-state index in [1.807, 2.05) is 4.90 Å². The number of aliphatic hydroxyl groups excluding tert-OH is 1. The van der Waals surface area contributed by atoms with Gasteiger partial charge in [0.15, 0.2) is 0 Å². The van der Waals surface area contributed by atoms with E-state index in [2.05, 4.69) is 24.1 Å². The van der Waals surface area contributed by atoms with Crippen LogP contribution >= 0.6 is 0 Å². The highest BCUT2D eigenvalue weighted by atomic mass is 16.3. The van der Waals surface area contributed by atoms with Crippen molar-refractivity contribution in [3.05, 3.63) is 0 Å². The molecule has 5 nitrogen and oxygen atoms in total. The van der Waals surface area contributed by atoms with Crippen molar-refractivity contribution in [2.45, 2.75) is 39.2 Å². The van der Waals surface area contributed by atoms with Crippen LogP contribution in [0.1, 0.15) is 33.1 Å². The molecule has 1 saturated heterocycles. The lowest BCUT2D eigenvalue weighted by Gasteiger charge is -2.33. The molecule has 1 heterocycles. The Morgan fingerprint density at radius 3 is 2.65 bits per heavy atom. The fraction of sp³-hybridized carbons (Fsp3) is 0.933. The summed E-state index contributed by atoms with van der Waals surface area (Å²) in [7, 11) is 1.65. The van der Waals surface area contributed by atoms with Gasteiger partial charge in [-0.15, -0.1) is 0 Å². The Balaban J connectivity index is 2.33. The van der Waals surface area contributed by atoms with E-state index in [1.54, 1.807) is 7.05 Å². The van der Waals surface area contributed by atoms with Crippen molar-refractivity contribution in [3.63, 3.8) is 0 Å². The number of hydrogen-bond acceptors (Lipinski definition) is 4. The third-order valence-corrected chi connectivity index (χ3v) is 4.00. The van der Waals surface area contributed by atoms with Gasteiger partial charge in [0.2, 0.25) is 5.91 Å². The van der Waals surface area contributed by atoms with Crippen LogP contribution in [0, 0.1) is 5.92 Å². The molecule has 0 spiro atoms. The van der Waals surface area contributed by atoms with Crippen molar-refractivity contribution in [2.24, 2.45) is 5.92 Å². The van der Waals surface area contributed by atoms with Gasteiger partial charge in [-0.25, -0.2) is 0 Å². The molecule has 2 N–H and O–H groups in total. The van der Waals surface area contributed by atoms with Crippen LogP contribution in [-0.2, 0) is 4.79 Å². The molecule has 20 heavy (non-hydrogen) atoms. The SMILES string of the molecule is CCCN(CC(=O)NC)CC(O)CN1CCC(C)CC1. The van der Waals surface area contributed by atoms with Crippen LogP contribution in [0.4, 0.5) is 0 Å². The van der Waals surface area contributed by atoms with Crippen LogP contribution in [0.5, 0.6) is 0 Å². The largest absolute Gasteiger partial charge is 0.390 e. The molecule has 118 valence electrons.